The summed E-state index contributed by atoms with van der Waals surface area (Å²) >= 11 is 0. The van der Waals surface area contributed by atoms with E-state index in [0.29, 0.717) is 11.5 Å². The Hall–Kier alpha value is -2.10. The van der Waals surface area contributed by atoms with Crippen LogP contribution in [0.15, 0.2) is 36.8 Å². The van der Waals surface area contributed by atoms with E-state index in [1.807, 2.05) is 32.0 Å². The second kappa shape index (κ2) is 5.30. The van der Waals surface area contributed by atoms with Gasteiger partial charge in [-0.3, -0.25) is 9.97 Å². The van der Waals surface area contributed by atoms with Crippen LogP contribution in [-0.4, -0.2) is 16.5 Å². The maximum absolute atomic E-state index is 5.66. The van der Waals surface area contributed by atoms with Crippen molar-refractivity contribution < 1.29 is 4.74 Å². The molecule has 0 spiro atoms. The van der Waals surface area contributed by atoms with Crippen molar-refractivity contribution in [2.24, 2.45) is 0 Å². The van der Waals surface area contributed by atoms with Gasteiger partial charge in [0, 0.05) is 18.3 Å². The Morgan fingerprint density at radius 2 is 2.06 bits per heavy atom. The molecule has 2 heterocycles. The minimum Gasteiger partial charge on any atom is -0.454 e. The summed E-state index contributed by atoms with van der Waals surface area (Å²) in [6.45, 7) is 4.84. The van der Waals surface area contributed by atoms with E-state index in [1.165, 1.54) is 0 Å². The van der Waals surface area contributed by atoms with Gasteiger partial charge in [-0.15, -0.1) is 0 Å². The van der Waals surface area contributed by atoms with Crippen molar-refractivity contribution in [2.75, 3.05) is 11.9 Å². The van der Waals surface area contributed by atoms with Crippen LogP contribution >= 0.6 is 0 Å². The lowest BCUT2D eigenvalue weighted by Gasteiger charge is -2.07. The summed E-state index contributed by atoms with van der Waals surface area (Å²) in [6.07, 6.45) is 5.15. The number of rotatable bonds is 4. The molecule has 0 saturated carbocycles. The largest absolute Gasteiger partial charge is 0.454 e. The molecule has 0 aromatic carbocycles. The van der Waals surface area contributed by atoms with Gasteiger partial charge in [0.25, 0.3) is 0 Å². The van der Waals surface area contributed by atoms with Crippen molar-refractivity contribution in [1.29, 1.82) is 0 Å². The molecule has 1 N–H and O–H groups in total. The fourth-order valence-electron chi connectivity index (χ4n) is 1.43. The molecule has 2 rings (SSSR count). The van der Waals surface area contributed by atoms with Gasteiger partial charge in [-0.2, -0.15) is 0 Å². The molecule has 0 unspecified atom stereocenters. The number of pyridine rings is 2. The van der Waals surface area contributed by atoms with Gasteiger partial charge in [-0.1, -0.05) is 0 Å². The molecule has 0 amide bonds. The molecule has 2 aromatic heterocycles. The van der Waals surface area contributed by atoms with Crippen LogP contribution in [-0.2, 0) is 0 Å². The van der Waals surface area contributed by atoms with Crippen molar-refractivity contribution in [3.8, 4) is 11.5 Å². The highest BCUT2D eigenvalue weighted by atomic mass is 16.5. The van der Waals surface area contributed by atoms with Gasteiger partial charge in [-0.05, 0) is 26.0 Å². The molecule has 2 aromatic rings. The Morgan fingerprint density at radius 1 is 1.18 bits per heavy atom. The summed E-state index contributed by atoms with van der Waals surface area (Å²) in [6, 6.07) is 5.72. The molecule has 0 bridgehead atoms. The Morgan fingerprint density at radius 3 is 2.76 bits per heavy atom. The van der Waals surface area contributed by atoms with E-state index in [9.17, 15) is 0 Å². The Kier molecular flexibility index (Phi) is 3.55. The molecule has 0 aliphatic carbocycles. The number of ether oxygens (including phenoxy) is 1. The maximum atomic E-state index is 5.66. The zero-order valence-corrected chi connectivity index (χ0v) is 9.97. The van der Waals surface area contributed by atoms with Crippen LogP contribution in [0.1, 0.15) is 12.6 Å². The monoisotopic (exact) mass is 229 g/mol. The minimum atomic E-state index is 0.703. The van der Waals surface area contributed by atoms with Gasteiger partial charge in [0.2, 0.25) is 0 Å². The fraction of sp³-hybridized carbons (Fsp3) is 0.231. The molecule has 4 nitrogen and oxygen atoms in total. The first-order chi connectivity index (χ1) is 8.28. The number of hydrogen-bond acceptors (Lipinski definition) is 4. The van der Waals surface area contributed by atoms with Crippen LogP contribution in [0.3, 0.4) is 0 Å². The van der Waals surface area contributed by atoms with E-state index >= 15 is 0 Å². The summed E-state index contributed by atoms with van der Waals surface area (Å²) in [5.41, 5.74) is 1.92. The van der Waals surface area contributed by atoms with E-state index in [2.05, 4.69) is 15.3 Å². The molecular weight excluding hydrogens is 214 g/mol. The highest BCUT2D eigenvalue weighted by molar-refractivity contribution is 5.46. The predicted molar refractivity (Wildman–Crippen MR) is 67.4 cm³/mol. The van der Waals surface area contributed by atoms with Crippen LogP contribution in [0, 0.1) is 6.92 Å². The summed E-state index contributed by atoms with van der Waals surface area (Å²) in [7, 11) is 0. The first-order valence-electron chi connectivity index (χ1n) is 5.57. The second-order valence-electron chi connectivity index (χ2n) is 3.68. The lowest BCUT2D eigenvalue weighted by Crippen LogP contribution is -1.97. The van der Waals surface area contributed by atoms with Crippen LogP contribution in [0.2, 0.25) is 0 Å². The third kappa shape index (κ3) is 3.17. The van der Waals surface area contributed by atoms with Crippen LogP contribution < -0.4 is 10.1 Å². The highest BCUT2D eigenvalue weighted by Crippen LogP contribution is 2.22. The van der Waals surface area contributed by atoms with Crippen LogP contribution in [0.5, 0.6) is 11.5 Å². The smallest absolute Gasteiger partial charge is 0.147 e. The predicted octanol–water partition coefficient (Wildman–Crippen LogP) is 3.01. The van der Waals surface area contributed by atoms with Gasteiger partial charge in [0.05, 0.1) is 24.3 Å². The van der Waals surface area contributed by atoms with E-state index < -0.39 is 0 Å². The van der Waals surface area contributed by atoms with E-state index in [4.69, 9.17) is 4.74 Å². The molecule has 0 aliphatic heterocycles. The van der Waals surface area contributed by atoms with Gasteiger partial charge in [0.1, 0.15) is 11.5 Å². The summed E-state index contributed by atoms with van der Waals surface area (Å²) in [4.78, 5) is 8.28. The normalized spacial score (nSPS) is 10.0. The van der Waals surface area contributed by atoms with Crippen molar-refractivity contribution in [2.45, 2.75) is 13.8 Å². The van der Waals surface area contributed by atoms with Gasteiger partial charge < -0.3 is 10.1 Å². The standard InChI is InChI=1S/C13H15N3O/c1-3-15-11-6-13(8-14-7-11)17-12-5-4-10(2)16-9-12/h4-9,15H,3H2,1-2H3. The molecular formula is C13H15N3O. The Balaban J connectivity index is 2.12. The van der Waals surface area contributed by atoms with Crippen LogP contribution in [0.4, 0.5) is 5.69 Å². The molecule has 0 fully saturated rings. The maximum Gasteiger partial charge on any atom is 0.147 e. The van der Waals surface area contributed by atoms with Crippen molar-refractivity contribution in [3.63, 3.8) is 0 Å². The topological polar surface area (TPSA) is 47.0 Å². The van der Waals surface area contributed by atoms with Crippen LogP contribution in [0.25, 0.3) is 0 Å². The van der Waals surface area contributed by atoms with Gasteiger partial charge >= 0.3 is 0 Å². The summed E-state index contributed by atoms with van der Waals surface area (Å²) < 4.78 is 5.66. The lowest BCUT2D eigenvalue weighted by atomic mass is 10.3. The van der Waals surface area contributed by atoms with Gasteiger partial charge in [-0.25, -0.2) is 0 Å². The molecule has 0 saturated heterocycles. The SMILES string of the molecule is CCNc1cncc(Oc2ccc(C)nc2)c1. The van der Waals surface area contributed by atoms with Crippen molar-refractivity contribution in [1.82, 2.24) is 9.97 Å². The average Bonchev–Trinajstić information content (AvgIpc) is 2.33. The number of nitrogens with one attached hydrogen (secondary N) is 1. The number of anilines is 1. The van der Waals surface area contributed by atoms with Crippen molar-refractivity contribution in [3.05, 3.63) is 42.5 Å². The third-order valence-corrected chi connectivity index (χ3v) is 2.21. The third-order valence-electron chi connectivity index (χ3n) is 2.21. The average molecular weight is 229 g/mol. The zero-order valence-electron chi connectivity index (χ0n) is 9.97. The Bertz CT molecular complexity index is 482. The molecule has 88 valence electrons. The zero-order chi connectivity index (χ0) is 12.1. The number of aromatic nitrogens is 2. The molecule has 0 atom stereocenters. The lowest BCUT2D eigenvalue weighted by molar-refractivity contribution is 0.478. The highest BCUT2D eigenvalue weighted by Gasteiger charge is 1.99. The molecule has 0 aliphatic rings. The number of aryl methyl sites for hydroxylation is 1. The first kappa shape index (κ1) is 11.4. The molecule has 0 radical (unpaired) electrons. The second-order valence-corrected chi connectivity index (χ2v) is 3.68. The van der Waals surface area contributed by atoms with E-state index in [0.717, 1.165) is 17.9 Å². The van der Waals surface area contributed by atoms with Gasteiger partial charge in [0.15, 0.2) is 0 Å². The van der Waals surface area contributed by atoms with E-state index in [-0.39, 0.29) is 0 Å². The van der Waals surface area contributed by atoms with Crippen molar-refractivity contribution >= 4 is 5.69 Å². The summed E-state index contributed by atoms with van der Waals surface area (Å²) in [5.74, 6) is 1.42. The quantitative estimate of drug-likeness (QED) is 0.875. The number of nitrogens with zero attached hydrogens (tertiary/aromatic N) is 2. The van der Waals surface area contributed by atoms with E-state index in [1.54, 1.807) is 18.6 Å². The molecule has 17 heavy (non-hydrogen) atoms. The first-order valence-corrected chi connectivity index (χ1v) is 5.57. The summed E-state index contributed by atoms with van der Waals surface area (Å²) in [5, 5.41) is 3.18. The Labute approximate surface area is 101 Å². The number of hydrogen-bond donors (Lipinski definition) is 1. The fourth-order valence-corrected chi connectivity index (χ4v) is 1.43. The minimum absolute atomic E-state index is 0.703. The molecule has 4 heteroatoms.